The van der Waals surface area contributed by atoms with E-state index in [0.717, 1.165) is 32.2 Å². The summed E-state index contributed by atoms with van der Waals surface area (Å²) in [6, 6.07) is 0. The van der Waals surface area contributed by atoms with Crippen LogP contribution in [0.15, 0.2) is 0 Å². The van der Waals surface area contributed by atoms with Crippen molar-refractivity contribution in [2.75, 3.05) is 6.54 Å². The van der Waals surface area contributed by atoms with Crippen LogP contribution in [0, 0.1) is 5.41 Å². The summed E-state index contributed by atoms with van der Waals surface area (Å²) >= 11 is 0. The Morgan fingerprint density at radius 3 is 2.29 bits per heavy atom. The van der Waals surface area contributed by atoms with Crippen LogP contribution in [-0.4, -0.2) is 18.0 Å². The van der Waals surface area contributed by atoms with Crippen LogP contribution in [0.1, 0.15) is 64.7 Å². The van der Waals surface area contributed by atoms with Gasteiger partial charge in [-0.05, 0) is 37.5 Å². The molecular weight excluding hydrogens is 212 g/mol. The predicted molar refractivity (Wildman–Crippen MR) is 69.6 cm³/mol. The fourth-order valence-electron chi connectivity index (χ4n) is 3.40. The summed E-state index contributed by atoms with van der Waals surface area (Å²) in [7, 11) is 0. The quantitative estimate of drug-likeness (QED) is 0.772. The number of hydrogen-bond acceptors (Lipinski definition) is 2. The largest absolute Gasteiger partial charge is 0.354 e. The third kappa shape index (κ3) is 2.65. The maximum atomic E-state index is 12.1. The molecule has 17 heavy (non-hydrogen) atoms. The van der Waals surface area contributed by atoms with Crippen LogP contribution in [-0.2, 0) is 4.79 Å². The summed E-state index contributed by atoms with van der Waals surface area (Å²) in [5.74, 6) is 0.0948. The van der Waals surface area contributed by atoms with Crippen LogP contribution in [0.3, 0.4) is 0 Å². The van der Waals surface area contributed by atoms with E-state index in [9.17, 15) is 4.79 Å². The zero-order valence-electron chi connectivity index (χ0n) is 11.1. The van der Waals surface area contributed by atoms with Crippen LogP contribution in [0.5, 0.6) is 0 Å². The summed E-state index contributed by atoms with van der Waals surface area (Å²) < 4.78 is 0. The summed E-state index contributed by atoms with van der Waals surface area (Å²) in [6.07, 6.45) is 10.3. The molecule has 0 aliphatic heterocycles. The fourth-order valence-corrected chi connectivity index (χ4v) is 3.40. The Bertz CT molecular complexity index is 278. The van der Waals surface area contributed by atoms with Gasteiger partial charge in [0.05, 0.1) is 5.54 Å². The molecule has 0 bridgehead atoms. The highest BCUT2D eigenvalue weighted by molar-refractivity contribution is 5.86. The molecule has 0 unspecified atom stereocenters. The number of nitrogens with one attached hydrogen (secondary N) is 1. The molecule has 0 spiro atoms. The van der Waals surface area contributed by atoms with Crippen molar-refractivity contribution in [3.63, 3.8) is 0 Å². The van der Waals surface area contributed by atoms with Crippen molar-refractivity contribution >= 4 is 5.91 Å². The minimum atomic E-state index is -0.558. The first-order valence-electron chi connectivity index (χ1n) is 7.17. The molecule has 2 saturated carbocycles. The molecule has 0 saturated heterocycles. The fraction of sp³-hybridized carbons (Fsp3) is 0.929. The van der Waals surface area contributed by atoms with Gasteiger partial charge in [-0.15, -0.1) is 0 Å². The van der Waals surface area contributed by atoms with Gasteiger partial charge in [-0.25, -0.2) is 0 Å². The molecule has 98 valence electrons. The normalized spacial score (nSPS) is 25.3. The van der Waals surface area contributed by atoms with Gasteiger partial charge in [-0.3, -0.25) is 4.79 Å². The van der Waals surface area contributed by atoms with E-state index in [2.05, 4.69) is 12.2 Å². The van der Waals surface area contributed by atoms with Gasteiger partial charge in [0, 0.05) is 6.54 Å². The van der Waals surface area contributed by atoms with Gasteiger partial charge >= 0.3 is 0 Å². The summed E-state index contributed by atoms with van der Waals surface area (Å²) in [5.41, 5.74) is 6.00. The molecule has 0 aromatic rings. The van der Waals surface area contributed by atoms with E-state index in [1.165, 1.54) is 32.1 Å². The molecule has 0 aromatic heterocycles. The molecule has 3 heteroatoms. The third-order valence-electron chi connectivity index (χ3n) is 4.77. The lowest BCUT2D eigenvalue weighted by atomic mass is 9.66. The maximum absolute atomic E-state index is 12.1. The highest BCUT2D eigenvalue weighted by atomic mass is 16.2. The minimum absolute atomic E-state index is 0.0948. The van der Waals surface area contributed by atoms with Crippen molar-refractivity contribution < 1.29 is 4.79 Å². The predicted octanol–water partition coefficient (Wildman–Crippen LogP) is 2.34. The Morgan fingerprint density at radius 1 is 1.18 bits per heavy atom. The number of nitrogens with two attached hydrogens (primary N) is 1. The molecule has 2 fully saturated rings. The van der Waals surface area contributed by atoms with Gasteiger partial charge in [0.15, 0.2) is 0 Å². The lowest BCUT2D eigenvalue weighted by molar-refractivity contribution is -0.127. The Kier molecular flexibility index (Phi) is 3.76. The lowest BCUT2D eigenvalue weighted by Crippen LogP contribution is -2.54. The van der Waals surface area contributed by atoms with Gasteiger partial charge in [-0.1, -0.05) is 32.6 Å². The molecular formula is C14H26N2O. The van der Waals surface area contributed by atoms with Crippen molar-refractivity contribution in [1.82, 2.24) is 5.32 Å². The van der Waals surface area contributed by atoms with Gasteiger partial charge in [0.2, 0.25) is 5.91 Å². The minimum Gasteiger partial charge on any atom is -0.354 e. The lowest BCUT2D eigenvalue weighted by Gasteiger charge is -2.42. The molecule has 2 rings (SSSR count). The number of amides is 1. The average molecular weight is 238 g/mol. The first kappa shape index (κ1) is 12.9. The first-order valence-corrected chi connectivity index (χ1v) is 7.17. The summed E-state index contributed by atoms with van der Waals surface area (Å²) in [6.45, 7) is 3.07. The van der Waals surface area contributed by atoms with Crippen LogP contribution in [0.2, 0.25) is 0 Å². The number of hydrogen-bond donors (Lipinski definition) is 2. The van der Waals surface area contributed by atoms with E-state index in [-0.39, 0.29) is 5.91 Å². The molecule has 2 aliphatic rings. The van der Waals surface area contributed by atoms with E-state index in [0.29, 0.717) is 5.41 Å². The van der Waals surface area contributed by atoms with Crippen molar-refractivity contribution in [1.29, 1.82) is 0 Å². The zero-order chi connectivity index (χ0) is 12.4. The Labute approximate surface area is 105 Å². The SMILES string of the molecule is CCCC1(CNC(=O)C2(N)CCCC2)CCC1. The molecule has 1 amide bonds. The zero-order valence-corrected chi connectivity index (χ0v) is 11.1. The van der Waals surface area contributed by atoms with Crippen molar-refractivity contribution in [3.8, 4) is 0 Å². The molecule has 3 nitrogen and oxygen atoms in total. The Morgan fingerprint density at radius 2 is 1.82 bits per heavy atom. The van der Waals surface area contributed by atoms with Crippen molar-refractivity contribution in [2.24, 2.45) is 11.1 Å². The number of rotatable bonds is 5. The van der Waals surface area contributed by atoms with Gasteiger partial charge in [-0.2, -0.15) is 0 Å². The second-order valence-corrected chi connectivity index (χ2v) is 6.15. The van der Waals surface area contributed by atoms with Crippen LogP contribution in [0.4, 0.5) is 0 Å². The summed E-state index contributed by atoms with van der Waals surface area (Å²) in [5, 5.41) is 3.13. The monoisotopic (exact) mass is 238 g/mol. The van der Waals surface area contributed by atoms with Gasteiger partial charge < -0.3 is 11.1 Å². The molecule has 0 aromatic carbocycles. The third-order valence-corrected chi connectivity index (χ3v) is 4.77. The van der Waals surface area contributed by atoms with E-state index in [1.807, 2.05) is 0 Å². The second kappa shape index (κ2) is 4.97. The number of carbonyl (C=O) groups is 1. The van der Waals surface area contributed by atoms with Crippen LogP contribution < -0.4 is 11.1 Å². The second-order valence-electron chi connectivity index (χ2n) is 6.15. The maximum Gasteiger partial charge on any atom is 0.240 e. The highest BCUT2D eigenvalue weighted by Crippen LogP contribution is 2.44. The van der Waals surface area contributed by atoms with Gasteiger partial charge in [0.25, 0.3) is 0 Å². The van der Waals surface area contributed by atoms with Crippen molar-refractivity contribution in [2.45, 2.75) is 70.3 Å². The molecule has 3 N–H and O–H groups in total. The Hall–Kier alpha value is -0.570. The molecule has 2 aliphatic carbocycles. The van der Waals surface area contributed by atoms with E-state index in [1.54, 1.807) is 0 Å². The van der Waals surface area contributed by atoms with Crippen LogP contribution >= 0.6 is 0 Å². The smallest absolute Gasteiger partial charge is 0.240 e. The number of carbonyl (C=O) groups excluding carboxylic acids is 1. The first-order chi connectivity index (χ1) is 8.10. The van der Waals surface area contributed by atoms with Crippen LogP contribution in [0.25, 0.3) is 0 Å². The molecule has 0 heterocycles. The van der Waals surface area contributed by atoms with E-state index in [4.69, 9.17) is 5.73 Å². The van der Waals surface area contributed by atoms with E-state index < -0.39 is 5.54 Å². The molecule has 0 radical (unpaired) electrons. The standard InChI is InChI=1S/C14H26N2O/c1-2-6-13(7-5-8-13)11-16-12(17)14(15)9-3-4-10-14/h2-11,15H2,1H3,(H,16,17). The Balaban J connectivity index is 1.83. The van der Waals surface area contributed by atoms with Gasteiger partial charge in [0.1, 0.15) is 0 Å². The topological polar surface area (TPSA) is 55.1 Å². The highest BCUT2D eigenvalue weighted by Gasteiger charge is 2.40. The summed E-state index contributed by atoms with van der Waals surface area (Å²) in [4.78, 5) is 12.1. The van der Waals surface area contributed by atoms with Crippen molar-refractivity contribution in [3.05, 3.63) is 0 Å². The van der Waals surface area contributed by atoms with E-state index >= 15 is 0 Å². The average Bonchev–Trinajstić information content (AvgIpc) is 2.70. The molecule has 0 atom stereocenters.